The second kappa shape index (κ2) is 7.58. The Hall–Kier alpha value is -2.96. The zero-order chi connectivity index (χ0) is 20.6. The van der Waals surface area contributed by atoms with Crippen molar-refractivity contribution in [2.45, 2.75) is 39.5 Å². The Morgan fingerprint density at radius 2 is 1.75 bits per heavy atom. The molecule has 0 aliphatic carbocycles. The molecule has 0 aromatic carbocycles. The number of hydrogen-bond acceptors (Lipinski definition) is 5. The molecule has 0 bridgehead atoms. The predicted octanol–water partition coefficient (Wildman–Crippen LogP) is 1.15. The number of aromatic amines is 1. The Morgan fingerprint density at radius 3 is 2.39 bits per heavy atom. The van der Waals surface area contributed by atoms with Gasteiger partial charge in [-0.05, 0) is 0 Å². The van der Waals surface area contributed by atoms with Crippen LogP contribution in [0.5, 0.6) is 0 Å². The molecule has 0 saturated carbocycles. The molecule has 1 aliphatic rings. The molecule has 4 heterocycles. The number of nitrogens with one attached hydrogen (secondary N) is 2. The van der Waals surface area contributed by atoms with E-state index in [0.717, 1.165) is 16.9 Å². The van der Waals surface area contributed by atoms with Crippen LogP contribution in [0.3, 0.4) is 0 Å². The van der Waals surface area contributed by atoms with Crippen LogP contribution in [0.4, 0.5) is 5.82 Å². The average molecular weight is 370 g/mol. The summed E-state index contributed by atoms with van der Waals surface area (Å²) in [6, 6.07) is 1.97. The zero-order valence-electron chi connectivity index (χ0n) is 16.4. The Labute approximate surface area is 164 Å². The molecule has 2 N–H and O–H groups in total. The fourth-order valence-corrected chi connectivity index (χ4v) is 2.60. The van der Waals surface area contributed by atoms with Crippen molar-refractivity contribution in [1.82, 2.24) is 25.1 Å². The quantitative estimate of drug-likeness (QED) is 0.660. The number of amides is 1. The van der Waals surface area contributed by atoms with Gasteiger partial charge in [0.1, 0.15) is 0 Å². The zero-order valence-corrected chi connectivity index (χ0v) is 16.4. The maximum absolute atomic E-state index is 11.2. The minimum atomic E-state index is -0.319. The van der Waals surface area contributed by atoms with Crippen molar-refractivity contribution >= 4 is 49.8 Å². The fraction of sp³-hybridized carbons (Fsp3) is 0.316. The van der Waals surface area contributed by atoms with E-state index in [0.29, 0.717) is 33.4 Å². The van der Waals surface area contributed by atoms with Gasteiger partial charge in [-0.3, -0.25) is 0 Å². The van der Waals surface area contributed by atoms with Crippen LogP contribution in [-0.4, -0.2) is 51.5 Å². The van der Waals surface area contributed by atoms with E-state index in [1.165, 1.54) is 0 Å². The van der Waals surface area contributed by atoms with Gasteiger partial charge in [0.05, 0.1) is 0 Å². The third kappa shape index (κ3) is 3.69. The first-order chi connectivity index (χ1) is 13.2. The average Bonchev–Trinajstić information content (AvgIpc) is 3.10. The molecule has 1 aliphatic heterocycles. The van der Waals surface area contributed by atoms with E-state index in [2.05, 4.69) is 50.9 Å². The fourth-order valence-electron chi connectivity index (χ4n) is 2.60. The predicted molar refractivity (Wildman–Crippen MR) is 112 cm³/mol. The number of aromatic nitrogens is 5. The van der Waals surface area contributed by atoms with Crippen molar-refractivity contribution in [1.29, 1.82) is 0 Å². The molecule has 28 heavy (non-hydrogen) atoms. The molecule has 0 saturated heterocycles. The van der Waals surface area contributed by atoms with Crippen molar-refractivity contribution in [2.75, 3.05) is 5.32 Å². The van der Waals surface area contributed by atoms with Crippen molar-refractivity contribution < 1.29 is 4.79 Å². The second-order valence-corrected chi connectivity index (χ2v) is 7.22. The SMILES string of the molecule is [B]=C1C(=O)Nc2ncc(C(C)C)nc21.[B]=c1c(=C)[nH]c2cc(C(C)C)nnc12. The maximum atomic E-state index is 11.2. The van der Waals surface area contributed by atoms with Gasteiger partial charge in [-0.15, -0.1) is 0 Å². The van der Waals surface area contributed by atoms with Crippen molar-refractivity contribution in [2.24, 2.45) is 0 Å². The molecule has 2 radical (unpaired) electrons. The number of nitrogens with zero attached hydrogens (tertiary/aromatic N) is 4. The Kier molecular flexibility index (Phi) is 5.36. The van der Waals surface area contributed by atoms with E-state index in [9.17, 15) is 4.79 Å². The Morgan fingerprint density at radius 1 is 1.07 bits per heavy atom. The van der Waals surface area contributed by atoms with Crippen molar-refractivity contribution in [3.63, 3.8) is 0 Å². The number of H-pyrrole nitrogens is 1. The molecule has 4 rings (SSSR count). The van der Waals surface area contributed by atoms with Crippen molar-refractivity contribution in [3.8, 4) is 0 Å². The molecule has 1 amide bonds. The Bertz CT molecular complexity index is 1190. The first-order valence-corrected chi connectivity index (χ1v) is 8.96. The number of fused-ring (bicyclic) bond motifs is 2. The summed E-state index contributed by atoms with van der Waals surface area (Å²) in [5.74, 6) is 0.777. The summed E-state index contributed by atoms with van der Waals surface area (Å²) in [6.07, 6.45) is 1.66. The number of anilines is 1. The summed E-state index contributed by atoms with van der Waals surface area (Å²) >= 11 is 0. The number of hydrogen-bond donors (Lipinski definition) is 2. The summed E-state index contributed by atoms with van der Waals surface area (Å²) in [6.45, 7) is 12.0. The van der Waals surface area contributed by atoms with Gasteiger partial charge in [-0.25, -0.2) is 0 Å². The molecule has 3 aromatic heterocycles. The molecule has 9 heteroatoms. The summed E-state index contributed by atoms with van der Waals surface area (Å²) in [5.41, 5.74) is 4.03. The van der Waals surface area contributed by atoms with Crippen LogP contribution in [0.15, 0.2) is 12.3 Å². The molecule has 7 nitrogen and oxygen atoms in total. The van der Waals surface area contributed by atoms with Crippen molar-refractivity contribution in [3.05, 3.63) is 39.8 Å². The molecule has 0 spiro atoms. The topological polar surface area (TPSA) is 96.5 Å². The van der Waals surface area contributed by atoms with E-state index >= 15 is 0 Å². The molecular weight excluding hydrogens is 350 g/mol. The van der Waals surface area contributed by atoms with E-state index in [1.807, 2.05) is 19.9 Å². The van der Waals surface area contributed by atoms with Crippen LogP contribution >= 0.6 is 0 Å². The third-order valence-electron chi connectivity index (χ3n) is 4.38. The van der Waals surface area contributed by atoms with Gasteiger partial charge >= 0.3 is 164 Å². The standard InChI is InChI=1S/C10H11BN3.C9H9BN3O/c1-5(2)7-4-8-10(14-13-7)9(11)6(3)12-8;1-4(2)5-3-11-8-7(12-5)6(10)9(14)13-8/h4-5,12H,3H2,1-2H3;3-4H,1-2H3,(H,11,13,14). The van der Waals surface area contributed by atoms with Crippen LogP contribution in [0.25, 0.3) is 17.6 Å². The first kappa shape index (κ1) is 19.8. The van der Waals surface area contributed by atoms with Crippen LogP contribution < -0.4 is 10.7 Å². The number of carbonyl (C=O) groups excluding carboxylic acids is 1. The monoisotopic (exact) mass is 370 g/mol. The second-order valence-electron chi connectivity index (χ2n) is 7.22. The summed E-state index contributed by atoms with van der Waals surface area (Å²) < 4.78 is 0. The van der Waals surface area contributed by atoms with Gasteiger partial charge in [0, 0.05) is 0 Å². The molecule has 138 valence electrons. The number of rotatable bonds is 2. The normalized spacial score (nSPS) is 12.9. The molecule has 3 aromatic rings. The van der Waals surface area contributed by atoms with Crippen LogP contribution in [0, 0.1) is 5.11 Å². The van der Waals surface area contributed by atoms with Gasteiger partial charge in [0.2, 0.25) is 0 Å². The summed E-state index contributed by atoms with van der Waals surface area (Å²) in [5, 5.41) is 12.0. The van der Waals surface area contributed by atoms with Gasteiger partial charge in [0.25, 0.3) is 0 Å². The van der Waals surface area contributed by atoms with E-state index < -0.39 is 0 Å². The molecule has 0 unspecified atom stereocenters. The van der Waals surface area contributed by atoms with Gasteiger partial charge in [-0.2, -0.15) is 0 Å². The van der Waals surface area contributed by atoms with Gasteiger partial charge in [0.15, 0.2) is 0 Å². The summed E-state index contributed by atoms with van der Waals surface area (Å²) in [7, 11) is 11.3. The first-order valence-electron chi connectivity index (χ1n) is 8.96. The number of carbonyl (C=O) groups is 1. The van der Waals surface area contributed by atoms with Crippen LogP contribution in [0.1, 0.15) is 56.6 Å². The minimum absolute atomic E-state index is 0.148. The molecule has 0 atom stereocenters. The van der Waals surface area contributed by atoms with Crippen LogP contribution in [0.2, 0.25) is 0 Å². The van der Waals surface area contributed by atoms with E-state index in [1.54, 1.807) is 6.20 Å². The third-order valence-corrected chi connectivity index (χ3v) is 4.38. The summed E-state index contributed by atoms with van der Waals surface area (Å²) in [4.78, 5) is 22.6. The molecular formula is C19H20B2N6O. The van der Waals surface area contributed by atoms with E-state index in [-0.39, 0.29) is 17.3 Å². The van der Waals surface area contributed by atoms with E-state index in [4.69, 9.17) is 15.0 Å². The molecule has 0 fully saturated rings. The van der Waals surface area contributed by atoms with Gasteiger partial charge < -0.3 is 0 Å². The Balaban J connectivity index is 0.000000161. The van der Waals surface area contributed by atoms with Crippen LogP contribution in [-0.2, 0) is 4.79 Å². The van der Waals surface area contributed by atoms with Gasteiger partial charge in [-0.1, -0.05) is 0 Å².